The first-order valence-electron chi connectivity index (χ1n) is 12.1. The van der Waals surface area contributed by atoms with Gasteiger partial charge in [0.05, 0.1) is 25.9 Å². The highest BCUT2D eigenvalue weighted by Gasteiger charge is 2.23. The van der Waals surface area contributed by atoms with Crippen molar-refractivity contribution >= 4 is 5.96 Å². The van der Waals surface area contributed by atoms with Crippen LogP contribution in [0.15, 0.2) is 29.3 Å². The standard InChI is InChI=1S/C25H41N3O3/c1-4-26-25(27-15-12-20(2)21-8-10-22(29-3)11-9-21)28-16-13-23(14-17-28)31-19-24-7-5-6-18-30-24/h8-11,20,23-24H,4-7,12-19H2,1-3H3,(H,26,27). The van der Waals surface area contributed by atoms with Gasteiger partial charge in [-0.25, -0.2) is 0 Å². The number of ether oxygens (including phenoxy) is 3. The summed E-state index contributed by atoms with van der Waals surface area (Å²) in [5, 5.41) is 3.48. The molecule has 6 heteroatoms. The summed E-state index contributed by atoms with van der Waals surface area (Å²) in [5.41, 5.74) is 1.33. The zero-order valence-corrected chi connectivity index (χ0v) is 19.6. The van der Waals surface area contributed by atoms with Gasteiger partial charge in [-0.1, -0.05) is 19.1 Å². The van der Waals surface area contributed by atoms with Gasteiger partial charge in [-0.3, -0.25) is 4.99 Å². The van der Waals surface area contributed by atoms with E-state index >= 15 is 0 Å². The Morgan fingerprint density at radius 3 is 2.61 bits per heavy atom. The molecule has 2 aliphatic rings. The molecule has 2 heterocycles. The molecule has 2 fully saturated rings. The molecule has 2 saturated heterocycles. The van der Waals surface area contributed by atoms with Crippen LogP contribution in [0.5, 0.6) is 5.75 Å². The lowest BCUT2D eigenvalue weighted by Gasteiger charge is -2.35. The lowest BCUT2D eigenvalue weighted by molar-refractivity contribution is -0.0721. The van der Waals surface area contributed by atoms with Crippen LogP contribution in [-0.4, -0.2) is 69.6 Å². The molecule has 174 valence electrons. The molecule has 1 aromatic rings. The van der Waals surface area contributed by atoms with Gasteiger partial charge >= 0.3 is 0 Å². The largest absolute Gasteiger partial charge is 0.497 e. The smallest absolute Gasteiger partial charge is 0.193 e. The van der Waals surface area contributed by atoms with Gasteiger partial charge in [-0.2, -0.15) is 0 Å². The molecular weight excluding hydrogens is 390 g/mol. The van der Waals surface area contributed by atoms with Crippen molar-refractivity contribution < 1.29 is 14.2 Å². The Morgan fingerprint density at radius 2 is 1.97 bits per heavy atom. The van der Waals surface area contributed by atoms with Crippen LogP contribution >= 0.6 is 0 Å². The highest BCUT2D eigenvalue weighted by atomic mass is 16.5. The lowest BCUT2D eigenvalue weighted by Crippen LogP contribution is -2.47. The van der Waals surface area contributed by atoms with Crippen molar-refractivity contribution in [1.29, 1.82) is 0 Å². The zero-order valence-electron chi connectivity index (χ0n) is 19.6. The molecule has 6 nitrogen and oxygen atoms in total. The minimum absolute atomic E-state index is 0.304. The van der Waals surface area contributed by atoms with Gasteiger partial charge in [0.2, 0.25) is 0 Å². The van der Waals surface area contributed by atoms with Gasteiger partial charge in [0.15, 0.2) is 5.96 Å². The Balaban J connectivity index is 1.42. The number of guanidine groups is 1. The van der Waals surface area contributed by atoms with E-state index in [1.165, 1.54) is 18.4 Å². The van der Waals surface area contributed by atoms with Gasteiger partial charge in [0.25, 0.3) is 0 Å². The van der Waals surface area contributed by atoms with Crippen LogP contribution in [0.4, 0.5) is 0 Å². The molecule has 3 rings (SSSR count). The minimum atomic E-state index is 0.304. The monoisotopic (exact) mass is 431 g/mol. The molecule has 2 atom stereocenters. The van der Waals surface area contributed by atoms with Gasteiger partial charge in [-0.05, 0) is 69.1 Å². The Labute approximate surface area is 188 Å². The Bertz CT molecular complexity index is 650. The number of benzene rings is 1. The molecule has 0 amide bonds. The van der Waals surface area contributed by atoms with E-state index < -0.39 is 0 Å². The van der Waals surface area contributed by atoms with Crippen molar-refractivity contribution in [1.82, 2.24) is 10.2 Å². The summed E-state index contributed by atoms with van der Waals surface area (Å²) in [6.07, 6.45) is 7.40. The summed E-state index contributed by atoms with van der Waals surface area (Å²) >= 11 is 0. The van der Waals surface area contributed by atoms with Crippen LogP contribution in [-0.2, 0) is 9.47 Å². The Morgan fingerprint density at radius 1 is 1.19 bits per heavy atom. The number of nitrogens with zero attached hydrogens (tertiary/aromatic N) is 2. The summed E-state index contributed by atoms with van der Waals surface area (Å²) in [6.45, 7) is 9.76. The number of piperidine rings is 1. The molecular formula is C25H41N3O3. The van der Waals surface area contributed by atoms with Crippen molar-refractivity contribution in [3.8, 4) is 5.75 Å². The third-order valence-electron chi connectivity index (χ3n) is 6.38. The van der Waals surface area contributed by atoms with Crippen LogP contribution < -0.4 is 10.1 Å². The van der Waals surface area contributed by atoms with Crippen LogP contribution in [0.25, 0.3) is 0 Å². The van der Waals surface area contributed by atoms with Gasteiger partial charge in [-0.15, -0.1) is 0 Å². The number of likely N-dealkylation sites (tertiary alicyclic amines) is 1. The predicted molar refractivity (Wildman–Crippen MR) is 126 cm³/mol. The van der Waals surface area contributed by atoms with E-state index in [1.807, 2.05) is 12.1 Å². The van der Waals surface area contributed by atoms with E-state index in [2.05, 4.69) is 36.2 Å². The summed E-state index contributed by atoms with van der Waals surface area (Å²) < 4.78 is 17.2. The van der Waals surface area contributed by atoms with Crippen molar-refractivity contribution in [2.24, 2.45) is 4.99 Å². The van der Waals surface area contributed by atoms with Crippen molar-refractivity contribution in [2.45, 2.75) is 70.5 Å². The highest BCUT2D eigenvalue weighted by molar-refractivity contribution is 5.80. The average Bonchev–Trinajstić information content (AvgIpc) is 2.83. The first-order valence-corrected chi connectivity index (χ1v) is 12.1. The van der Waals surface area contributed by atoms with E-state index in [-0.39, 0.29) is 0 Å². The maximum absolute atomic E-state index is 6.17. The molecule has 1 N–H and O–H groups in total. The second-order valence-electron chi connectivity index (χ2n) is 8.71. The third-order valence-corrected chi connectivity index (χ3v) is 6.38. The SMILES string of the molecule is CCNC(=NCCC(C)c1ccc(OC)cc1)N1CCC(OCC2CCCCO2)CC1. The fraction of sp³-hybridized carbons (Fsp3) is 0.720. The fourth-order valence-corrected chi connectivity index (χ4v) is 4.31. The quantitative estimate of drug-likeness (QED) is 0.469. The molecule has 0 spiro atoms. The van der Waals surface area contributed by atoms with Gasteiger partial charge < -0.3 is 24.4 Å². The number of hydrogen-bond acceptors (Lipinski definition) is 4. The van der Waals surface area contributed by atoms with E-state index in [1.54, 1.807) is 7.11 Å². The van der Waals surface area contributed by atoms with Crippen LogP contribution in [0.3, 0.4) is 0 Å². The first-order chi connectivity index (χ1) is 15.2. The van der Waals surface area contributed by atoms with Gasteiger partial charge in [0, 0.05) is 32.8 Å². The maximum Gasteiger partial charge on any atom is 0.193 e. The van der Waals surface area contributed by atoms with Crippen molar-refractivity contribution in [2.75, 3.05) is 46.5 Å². The third kappa shape index (κ3) is 7.69. The molecule has 0 aliphatic carbocycles. The van der Waals surface area contributed by atoms with E-state index in [9.17, 15) is 0 Å². The summed E-state index contributed by atoms with van der Waals surface area (Å²) in [5.74, 6) is 2.42. The molecule has 2 aliphatic heterocycles. The molecule has 2 unspecified atom stereocenters. The second-order valence-corrected chi connectivity index (χ2v) is 8.71. The van der Waals surface area contributed by atoms with Crippen molar-refractivity contribution in [3.05, 3.63) is 29.8 Å². The number of nitrogens with one attached hydrogen (secondary N) is 1. The Hall–Kier alpha value is -1.79. The molecule has 31 heavy (non-hydrogen) atoms. The minimum Gasteiger partial charge on any atom is -0.497 e. The highest BCUT2D eigenvalue weighted by Crippen LogP contribution is 2.22. The zero-order chi connectivity index (χ0) is 21.9. The maximum atomic E-state index is 6.17. The number of aliphatic imine (C=N–C) groups is 1. The van der Waals surface area contributed by atoms with Crippen LogP contribution in [0.2, 0.25) is 0 Å². The molecule has 0 radical (unpaired) electrons. The molecule has 0 saturated carbocycles. The summed E-state index contributed by atoms with van der Waals surface area (Å²) in [4.78, 5) is 7.31. The van der Waals surface area contributed by atoms with E-state index in [0.717, 1.165) is 76.8 Å². The van der Waals surface area contributed by atoms with Crippen LogP contribution in [0.1, 0.15) is 63.9 Å². The van der Waals surface area contributed by atoms with Crippen LogP contribution in [0, 0.1) is 0 Å². The van der Waals surface area contributed by atoms with Crippen molar-refractivity contribution in [3.63, 3.8) is 0 Å². The summed E-state index contributed by atoms with van der Waals surface area (Å²) in [7, 11) is 1.70. The van der Waals surface area contributed by atoms with E-state index in [0.29, 0.717) is 18.1 Å². The second kappa shape index (κ2) is 12.9. The topological polar surface area (TPSA) is 55.3 Å². The lowest BCUT2D eigenvalue weighted by atomic mass is 9.98. The predicted octanol–water partition coefficient (Wildman–Crippen LogP) is 4.20. The normalized spacial score (nSPS) is 21.7. The number of rotatable bonds is 9. The number of methoxy groups -OCH3 is 1. The Kier molecular flexibility index (Phi) is 9.94. The van der Waals surface area contributed by atoms with E-state index in [4.69, 9.17) is 19.2 Å². The molecule has 0 bridgehead atoms. The molecule has 1 aromatic carbocycles. The average molecular weight is 432 g/mol. The first kappa shape index (κ1) is 23.9. The molecule has 0 aromatic heterocycles. The fourth-order valence-electron chi connectivity index (χ4n) is 4.31. The van der Waals surface area contributed by atoms with Gasteiger partial charge in [0.1, 0.15) is 5.75 Å². The summed E-state index contributed by atoms with van der Waals surface area (Å²) in [6, 6.07) is 8.38. The number of hydrogen-bond donors (Lipinski definition) is 1.